The number of aryl methyl sites for hydroxylation is 1. The molecule has 1 amide bonds. The lowest BCUT2D eigenvalue weighted by atomic mass is 10.1. The van der Waals surface area contributed by atoms with Crippen LogP contribution in [0, 0.1) is 0 Å². The second-order valence-electron chi connectivity index (χ2n) is 7.11. The van der Waals surface area contributed by atoms with E-state index in [1.165, 1.54) is 44.1 Å². The summed E-state index contributed by atoms with van der Waals surface area (Å²) in [5.74, 6) is -0.0981. The molecule has 1 fully saturated rings. The van der Waals surface area contributed by atoms with Gasteiger partial charge in [0.05, 0.1) is 11.9 Å². The van der Waals surface area contributed by atoms with Gasteiger partial charge in [0.1, 0.15) is 5.69 Å². The Kier molecular flexibility index (Phi) is 7.05. The van der Waals surface area contributed by atoms with E-state index in [-0.39, 0.29) is 5.91 Å². The van der Waals surface area contributed by atoms with Gasteiger partial charge in [-0.25, -0.2) is 4.98 Å². The van der Waals surface area contributed by atoms with Crippen LogP contribution < -0.4 is 10.6 Å². The van der Waals surface area contributed by atoms with E-state index in [2.05, 4.69) is 27.8 Å². The van der Waals surface area contributed by atoms with Crippen LogP contribution in [0.2, 0.25) is 0 Å². The fraction of sp³-hybridized carbons (Fsp3) is 0.455. The molecule has 0 saturated heterocycles. The van der Waals surface area contributed by atoms with Crippen molar-refractivity contribution in [3.05, 3.63) is 59.9 Å². The fourth-order valence-corrected chi connectivity index (χ4v) is 3.50. The zero-order valence-electron chi connectivity index (χ0n) is 15.4. The molecule has 138 valence electrons. The van der Waals surface area contributed by atoms with Gasteiger partial charge in [-0.3, -0.25) is 4.79 Å². The van der Waals surface area contributed by atoms with Crippen molar-refractivity contribution in [2.45, 2.75) is 57.4 Å². The highest BCUT2D eigenvalue weighted by Crippen LogP contribution is 2.20. The molecule has 1 aromatic heterocycles. The van der Waals surface area contributed by atoms with Crippen LogP contribution in [0.25, 0.3) is 0 Å². The van der Waals surface area contributed by atoms with E-state index >= 15 is 0 Å². The molecule has 0 atom stereocenters. The minimum atomic E-state index is -0.0981. The molecule has 2 aromatic rings. The fourth-order valence-electron chi connectivity index (χ4n) is 3.50. The Bertz CT molecular complexity index is 662. The molecular weight excluding hydrogens is 322 g/mol. The number of anilines is 1. The van der Waals surface area contributed by atoms with E-state index in [0.29, 0.717) is 18.3 Å². The predicted molar refractivity (Wildman–Crippen MR) is 106 cm³/mol. The van der Waals surface area contributed by atoms with E-state index in [1.54, 1.807) is 6.20 Å². The average molecular weight is 351 g/mol. The normalized spacial score (nSPS) is 15.2. The molecule has 26 heavy (non-hydrogen) atoms. The minimum absolute atomic E-state index is 0.0981. The number of rotatable bonds is 7. The Morgan fingerprint density at radius 3 is 2.46 bits per heavy atom. The summed E-state index contributed by atoms with van der Waals surface area (Å²) in [5.41, 5.74) is 2.79. The number of hydrogen-bond acceptors (Lipinski definition) is 3. The van der Waals surface area contributed by atoms with Crippen LogP contribution in [0.15, 0.2) is 48.7 Å². The molecule has 1 saturated carbocycles. The first-order valence-corrected chi connectivity index (χ1v) is 9.86. The predicted octanol–water partition coefficient (Wildman–Crippen LogP) is 4.58. The lowest BCUT2D eigenvalue weighted by Gasteiger charge is -2.17. The van der Waals surface area contributed by atoms with E-state index in [0.717, 1.165) is 18.5 Å². The lowest BCUT2D eigenvalue weighted by Crippen LogP contribution is -2.25. The van der Waals surface area contributed by atoms with Crippen LogP contribution in [0.3, 0.4) is 0 Å². The molecule has 1 aliphatic carbocycles. The molecule has 4 nitrogen and oxygen atoms in total. The average Bonchev–Trinajstić information content (AvgIpc) is 2.95. The smallest absolute Gasteiger partial charge is 0.269 e. The van der Waals surface area contributed by atoms with Crippen LogP contribution in [0.5, 0.6) is 0 Å². The first-order valence-electron chi connectivity index (χ1n) is 9.86. The molecule has 0 radical (unpaired) electrons. The van der Waals surface area contributed by atoms with Crippen LogP contribution in [-0.4, -0.2) is 23.5 Å². The van der Waals surface area contributed by atoms with Gasteiger partial charge in [-0.15, -0.1) is 0 Å². The lowest BCUT2D eigenvalue weighted by molar-refractivity contribution is 0.0948. The molecule has 3 rings (SSSR count). The molecule has 1 heterocycles. The molecule has 1 aliphatic rings. The first kappa shape index (κ1) is 18.4. The Labute approximate surface area is 156 Å². The summed E-state index contributed by atoms with van der Waals surface area (Å²) in [7, 11) is 0. The summed E-state index contributed by atoms with van der Waals surface area (Å²) >= 11 is 0. The molecule has 0 spiro atoms. The molecule has 1 aromatic carbocycles. The number of carbonyl (C=O) groups excluding carboxylic acids is 1. The molecule has 0 bridgehead atoms. The number of amides is 1. The summed E-state index contributed by atoms with van der Waals surface area (Å²) in [4.78, 5) is 16.5. The Morgan fingerprint density at radius 2 is 1.77 bits per heavy atom. The van der Waals surface area contributed by atoms with Gasteiger partial charge in [0.25, 0.3) is 5.91 Å². The molecular formula is C22H29N3O. The molecule has 4 heteroatoms. The van der Waals surface area contributed by atoms with Crippen LogP contribution >= 0.6 is 0 Å². The van der Waals surface area contributed by atoms with Gasteiger partial charge in [-0.05, 0) is 43.4 Å². The third-order valence-electron chi connectivity index (χ3n) is 4.99. The van der Waals surface area contributed by atoms with Crippen molar-refractivity contribution in [2.75, 3.05) is 11.9 Å². The molecule has 0 aliphatic heterocycles. The summed E-state index contributed by atoms with van der Waals surface area (Å²) in [5, 5.41) is 6.52. The third-order valence-corrected chi connectivity index (χ3v) is 4.99. The van der Waals surface area contributed by atoms with E-state index in [1.807, 2.05) is 30.3 Å². The number of pyridine rings is 1. The SMILES string of the molecule is O=C(NCCCc1ccccc1)c1ccc(NC2CCCCCC2)cn1. The number of carbonyl (C=O) groups is 1. The maximum absolute atomic E-state index is 12.2. The largest absolute Gasteiger partial charge is 0.381 e. The number of nitrogens with zero attached hydrogens (tertiary/aromatic N) is 1. The van der Waals surface area contributed by atoms with Gasteiger partial charge in [0.15, 0.2) is 0 Å². The highest BCUT2D eigenvalue weighted by atomic mass is 16.1. The molecule has 0 unspecified atom stereocenters. The second-order valence-corrected chi connectivity index (χ2v) is 7.11. The van der Waals surface area contributed by atoms with Crippen molar-refractivity contribution in [2.24, 2.45) is 0 Å². The summed E-state index contributed by atoms with van der Waals surface area (Å²) < 4.78 is 0. The number of aromatic nitrogens is 1. The Balaban J connectivity index is 1.41. The Morgan fingerprint density at radius 1 is 1.00 bits per heavy atom. The van der Waals surface area contributed by atoms with E-state index in [9.17, 15) is 4.79 Å². The third kappa shape index (κ3) is 5.87. The second kappa shape index (κ2) is 9.95. The van der Waals surface area contributed by atoms with Crippen molar-refractivity contribution < 1.29 is 4.79 Å². The van der Waals surface area contributed by atoms with Gasteiger partial charge >= 0.3 is 0 Å². The first-order chi connectivity index (χ1) is 12.8. The van der Waals surface area contributed by atoms with Crippen molar-refractivity contribution >= 4 is 11.6 Å². The van der Waals surface area contributed by atoms with Gasteiger partial charge in [-0.1, -0.05) is 56.0 Å². The van der Waals surface area contributed by atoms with Crippen LogP contribution in [0.4, 0.5) is 5.69 Å². The maximum atomic E-state index is 12.2. The van der Waals surface area contributed by atoms with Crippen LogP contribution in [-0.2, 0) is 6.42 Å². The Hall–Kier alpha value is -2.36. The van der Waals surface area contributed by atoms with Crippen LogP contribution in [0.1, 0.15) is 61.0 Å². The summed E-state index contributed by atoms with van der Waals surface area (Å²) in [6.07, 6.45) is 11.4. The van der Waals surface area contributed by atoms with Gasteiger partial charge in [0.2, 0.25) is 0 Å². The standard InChI is InChI=1S/C22H29N3O/c26-22(23-16-8-11-18-9-4-3-5-10-18)21-15-14-20(17-24-21)25-19-12-6-1-2-7-13-19/h3-5,9-10,14-15,17,19,25H,1-2,6-8,11-13,16H2,(H,23,26). The minimum Gasteiger partial charge on any atom is -0.381 e. The molecule has 2 N–H and O–H groups in total. The zero-order valence-corrected chi connectivity index (χ0v) is 15.4. The number of hydrogen-bond donors (Lipinski definition) is 2. The van der Waals surface area contributed by atoms with Gasteiger partial charge in [-0.2, -0.15) is 0 Å². The van der Waals surface area contributed by atoms with E-state index in [4.69, 9.17) is 0 Å². The number of nitrogens with one attached hydrogen (secondary N) is 2. The number of benzene rings is 1. The van der Waals surface area contributed by atoms with E-state index < -0.39 is 0 Å². The zero-order chi connectivity index (χ0) is 18.0. The quantitative estimate of drug-likeness (QED) is 0.567. The monoisotopic (exact) mass is 351 g/mol. The maximum Gasteiger partial charge on any atom is 0.269 e. The highest BCUT2D eigenvalue weighted by Gasteiger charge is 2.12. The van der Waals surface area contributed by atoms with Gasteiger partial charge < -0.3 is 10.6 Å². The van der Waals surface area contributed by atoms with Gasteiger partial charge in [0, 0.05) is 12.6 Å². The highest BCUT2D eigenvalue weighted by molar-refractivity contribution is 5.92. The topological polar surface area (TPSA) is 54.0 Å². The van der Waals surface area contributed by atoms with Crippen molar-refractivity contribution in [1.82, 2.24) is 10.3 Å². The summed E-state index contributed by atoms with van der Waals surface area (Å²) in [6.45, 7) is 0.664. The van der Waals surface area contributed by atoms with Crippen molar-refractivity contribution in [3.8, 4) is 0 Å². The van der Waals surface area contributed by atoms with Crippen molar-refractivity contribution in [1.29, 1.82) is 0 Å². The summed E-state index contributed by atoms with van der Waals surface area (Å²) in [6, 6.07) is 14.7. The van der Waals surface area contributed by atoms with Crippen molar-refractivity contribution in [3.63, 3.8) is 0 Å².